The summed E-state index contributed by atoms with van der Waals surface area (Å²) in [6.45, 7) is 5.72. The summed E-state index contributed by atoms with van der Waals surface area (Å²) in [7, 11) is 0. The fourth-order valence-corrected chi connectivity index (χ4v) is 2.59. The topological polar surface area (TPSA) is 81.5 Å². The van der Waals surface area contributed by atoms with Gasteiger partial charge in [-0.05, 0) is 49.6 Å². The summed E-state index contributed by atoms with van der Waals surface area (Å²) >= 11 is 6.02. The van der Waals surface area contributed by atoms with Crippen LogP contribution < -0.4 is 10.1 Å². The number of halogens is 1. The fraction of sp³-hybridized carbons (Fsp3) is 0.278. The Hall–Kier alpha value is -2.60. The van der Waals surface area contributed by atoms with Crippen LogP contribution in [0, 0.1) is 24.0 Å². The molecule has 0 aliphatic heterocycles. The Morgan fingerprint density at radius 2 is 1.88 bits per heavy atom. The van der Waals surface area contributed by atoms with Crippen LogP contribution in [0.1, 0.15) is 24.5 Å². The second-order valence-corrected chi connectivity index (χ2v) is 6.16. The van der Waals surface area contributed by atoms with Crippen LogP contribution in [-0.2, 0) is 4.79 Å². The number of ether oxygens (including phenoxy) is 1. The molecule has 2 aromatic rings. The second-order valence-electron chi connectivity index (χ2n) is 5.75. The molecule has 0 saturated heterocycles. The molecule has 0 spiro atoms. The molecule has 25 heavy (non-hydrogen) atoms. The molecule has 0 radical (unpaired) electrons. The van der Waals surface area contributed by atoms with E-state index in [1.54, 1.807) is 0 Å². The number of nitrogens with one attached hydrogen (secondary N) is 1. The highest BCUT2D eigenvalue weighted by Crippen LogP contribution is 2.27. The maximum Gasteiger partial charge on any atom is 0.271 e. The lowest BCUT2D eigenvalue weighted by atomic mass is 10.1. The van der Waals surface area contributed by atoms with E-state index in [1.165, 1.54) is 18.2 Å². The van der Waals surface area contributed by atoms with Gasteiger partial charge in [-0.25, -0.2) is 0 Å². The number of non-ortho nitro benzene ring substituents is 1. The zero-order valence-electron chi connectivity index (χ0n) is 14.2. The highest BCUT2D eigenvalue weighted by molar-refractivity contribution is 6.33. The Balaban J connectivity index is 2.17. The standard InChI is InChI=1S/C18H19ClN2O4/c1-4-17(25-14-8-11(2)7-12(3)9-14)18(22)20-16-10-13(21(23)24)5-6-15(16)19/h5-10,17H,4H2,1-3H3,(H,20,22). The van der Waals surface area contributed by atoms with Crippen molar-refractivity contribution in [3.05, 3.63) is 62.7 Å². The number of nitro groups is 1. The smallest absolute Gasteiger partial charge is 0.271 e. The monoisotopic (exact) mass is 362 g/mol. The molecule has 6 nitrogen and oxygen atoms in total. The lowest BCUT2D eigenvalue weighted by Gasteiger charge is -2.18. The van der Waals surface area contributed by atoms with Gasteiger partial charge in [-0.2, -0.15) is 0 Å². The number of nitro benzene ring substituents is 1. The number of benzene rings is 2. The summed E-state index contributed by atoms with van der Waals surface area (Å²) in [4.78, 5) is 22.8. The second kappa shape index (κ2) is 7.98. The number of hydrogen-bond donors (Lipinski definition) is 1. The van der Waals surface area contributed by atoms with Crippen molar-refractivity contribution >= 4 is 28.9 Å². The van der Waals surface area contributed by atoms with E-state index in [1.807, 2.05) is 39.0 Å². The SMILES string of the molecule is CCC(Oc1cc(C)cc(C)c1)C(=O)Nc1cc([N+](=O)[O-])ccc1Cl. The summed E-state index contributed by atoms with van der Waals surface area (Å²) < 4.78 is 5.79. The molecule has 2 rings (SSSR count). The maximum absolute atomic E-state index is 12.5. The van der Waals surface area contributed by atoms with E-state index >= 15 is 0 Å². The van der Waals surface area contributed by atoms with Gasteiger partial charge in [0.2, 0.25) is 0 Å². The van der Waals surface area contributed by atoms with Gasteiger partial charge in [-0.1, -0.05) is 24.6 Å². The normalized spacial score (nSPS) is 11.7. The zero-order chi connectivity index (χ0) is 18.6. The zero-order valence-corrected chi connectivity index (χ0v) is 15.0. The van der Waals surface area contributed by atoms with E-state index in [0.717, 1.165) is 11.1 Å². The lowest BCUT2D eigenvalue weighted by molar-refractivity contribution is -0.384. The number of carbonyl (C=O) groups excluding carboxylic acids is 1. The number of hydrogen-bond acceptors (Lipinski definition) is 4. The van der Waals surface area contributed by atoms with Gasteiger partial charge >= 0.3 is 0 Å². The van der Waals surface area contributed by atoms with Gasteiger partial charge in [0.25, 0.3) is 11.6 Å². The number of rotatable bonds is 6. The average molecular weight is 363 g/mol. The van der Waals surface area contributed by atoms with Gasteiger partial charge < -0.3 is 10.1 Å². The van der Waals surface area contributed by atoms with Crippen molar-refractivity contribution in [2.24, 2.45) is 0 Å². The summed E-state index contributed by atoms with van der Waals surface area (Å²) in [6, 6.07) is 9.59. The van der Waals surface area contributed by atoms with Crippen LogP contribution in [0.4, 0.5) is 11.4 Å². The lowest BCUT2D eigenvalue weighted by Crippen LogP contribution is -2.32. The van der Waals surface area contributed by atoms with E-state index in [-0.39, 0.29) is 16.4 Å². The minimum atomic E-state index is -0.739. The number of anilines is 1. The Morgan fingerprint density at radius 1 is 1.24 bits per heavy atom. The number of amides is 1. The van der Waals surface area contributed by atoms with Gasteiger partial charge in [-0.15, -0.1) is 0 Å². The molecule has 0 aromatic heterocycles. The minimum Gasteiger partial charge on any atom is -0.481 e. The van der Waals surface area contributed by atoms with E-state index in [4.69, 9.17) is 16.3 Å². The van der Waals surface area contributed by atoms with Gasteiger partial charge in [0.05, 0.1) is 15.6 Å². The molecule has 0 heterocycles. The third-order valence-electron chi connectivity index (χ3n) is 3.56. The van der Waals surface area contributed by atoms with Crippen molar-refractivity contribution in [2.45, 2.75) is 33.3 Å². The Bertz CT molecular complexity index is 787. The number of nitrogens with zero attached hydrogens (tertiary/aromatic N) is 1. The maximum atomic E-state index is 12.5. The van der Waals surface area contributed by atoms with Crippen LogP contribution in [0.3, 0.4) is 0 Å². The first-order valence-corrected chi connectivity index (χ1v) is 8.17. The predicted molar refractivity (Wildman–Crippen MR) is 97.4 cm³/mol. The molecule has 1 amide bonds. The van der Waals surface area contributed by atoms with Crippen LogP contribution in [0.5, 0.6) is 5.75 Å². The van der Waals surface area contributed by atoms with E-state index < -0.39 is 16.9 Å². The quantitative estimate of drug-likeness (QED) is 0.598. The summed E-state index contributed by atoms with van der Waals surface area (Å²) in [5.41, 5.74) is 2.10. The summed E-state index contributed by atoms with van der Waals surface area (Å²) in [6.07, 6.45) is -0.303. The molecule has 1 unspecified atom stereocenters. The summed E-state index contributed by atoms with van der Waals surface area (Å²) in [5, 5.41) is 13.7. The first-order valence-electron chi connectivity index (χ1n) is 7.80. The highest BCUT2D eigenvalue weighted by atomic mass is 35.5. The highest BCUT2D eigenvalue weighted by Gasteiger charge is 2.21. The Morgan fingerprint density at radius 3 is 2.44 bits per heavy atom. The third-order valence-corrected chi connectivity index (χ3v) is 3.88. The molecule has 132 valence electrons. The third kappa shape index (κ3) is 4.93. The van der Waals surface area contributed by atoms with Crippen molar-refractivity contribution in [1.29, 1.82) is 0 Å². The van der Waals surface area contributed by atoms with Gasteiger partial charge in [0.15, 0.2) is 6.10 Å². The van der Waals surface area contributed by atoms with Crippen LogP contribution in [0.25, 0.3) is 0 Å². The van der Waals surface area contributed by atoms with Gasteiger partial charge in [0.1, 0.15) is 5.75 Å². The van der Waals surface area contributed by atoms with Crippen LogP contribution in [0.2, 0.25) is 5.02 Å². The molecule has 0 fully saturated rings. The minimum absolute atomic E-state index is 0.150. The number of carbonyl (C=O) groups is 1. The Kier molecular flexibility index (Phi) is 5.98. The molecule has 1 atom stereocenters. The van der Waals surface area contributed by atoms with Crippen molar-refractivity contribution in [3.8, 4) is 5.75 Å². The van der Waals surface area contributed by atoms with E-state index in [9.17, 15) is 14.9 Å². The van der Waals surface area contributed by atoms with Crippen molar-refractivity contribution in [3.63, 3.8) is 0 Å². The molecule has 0 aliphatic rings. The molecule has 0 aliphatic carbocycles. The van der Waals surface area contributed by atoms with Gasteiger partial charge in [0, 0.05) is 12.1 Å². The average Bonchev–Trinajstić information content (AvgIpc) is 2.53. The Labute approximate surface area is 150 Å². The molecule has 0 saturated carbocycles. The molecule has 2 aromatic carbocycles. The molecule has 0 bridgehead atoms. The van der Waals surface area contributed by atoms with E-state index in [2.05, 4.69) is 5.32 Å². The first kappa shape index (κ1) is 18.7. The van der Waals surface area contributed by atoms with E-state index in [0.29, 0.717) is 12.2 Å². The molecule has 1 N–H and O–H groups in total. The molecule has 7 heteroatoms. The largest absolute Gasteiger partial charge is 0.481 e. The van der Waals surface area contributed by atoms with Crippen molar-refractivity contribution in [2.75, 3.05) is 5.32 Å². The first-order chi connectivity index (χ1) is 11.8. The molecular formula is C18H19ClN2O4. The fourth-order valence-electron chi connectivity index (χ4n) is 2.42. The summed E-state index contributed by atoms with van der Waals surface area (Å²) in [5.74, 6) is 0.189. The van der Waals surface area contributed by atoms with Gasteiger partial charge in [-0.3, -0.25) is 14.9 Å². The molecular weight excluding hydrogens is 344 g/mol. The predicted octanol–water partition coefficient (Wildman–Crippen LogP) is 4.66. The van der Waals surface area contributed by atoms with Crippen molar-refractivity contribution < 1.29 is 14.5 Å². The van der Waals surface area contributed by atoms with Crippen LogP contribution in [0.15, 0.2) is 36.4 Å². The van der Waals surface area contributed by atoms with Crippen LogP contribution in [-0.4, -0.2) is 16.9 Å². The van der Waals surface area contributed by atoms with Crippen molar-refractivity contribution in [1.82, 2.24) is 0 Å². The van der Waals surface area contributed by atoms with Crippen LogP contribution >= 0.6 is 11.6 Å². The number of aryl methyl sites for hydroxylation is 2.